The zero-order valence-corrected chi connectivity index (χ0v) is 15.4. The molecule has 1 aliphatic carbocycles. The lowest BCUT2D eigenvalue weighted by Crippen LogP contribution is -2.35. The monoisotopic (exact) mass is 374 g/mol. The summed E-state index contributed by atoms with van der Waals surface area (Å²) in [5, 5.41) is 9.32. The first kappa shape index (κ1) is 17.2. The van der Waals surface area contributed by atoms with Crippen LogP contribution in [0.2, 0.25) is 0 Å². The van der Waals surface area contributed by atoms with Gasteiger partial charge < -0.3 is 15.7 Å². The minimum absolute atomic E-state index is 0.260. The molecule has 3 aromatic carbocycles. The van der Waals surface area contributed by atoms with Gasteiger partial charge in [0.25, 0.3) is 0 Å². The lowest BCUT2D eigenvalue weighted by atomic mass is 10.0. The second-order valence-corrected chi connectivity index (χ2v) is 7.02. The Labute approximate surface area is 162 Å². The highest BCUT2D eigenvalue weighted by molar-refractivity contribution is 7.80. The van der Waals surface area contributed by atoms with Crippen molar-refractivity contribution in [2.45, 2.75) is 13.0 Å². The van der Waals surface area contributed by atoms with Gasteiger partial charge in [0, 0.05) is 5.69 Å². The van der Waals surface area contributed by atoms with Crippen molar-refractivity contribution in [2.75, 3.05) is 4.90 Å². The first-order chi connectivity index (χ1) is 13.0. The average molecular weight is 374 g/mol. The van der Waals surface area contributed by atoms with Crippen LogP contribution in [0, 0.1) is 0 Å². The summed E-state index contributed by atoms with van der Waals surface area (Å²) in [6.07, 6.45) is 0.901. The Balaban J connectivity index is 1.63. The molecule has 0 saturated carbocycles. The molecule has 3 aromatic rings. The minimum atomic E-state index is -0.939. The maximum Gasteiger partial charge on any atom is 0.335 e. The van der Waals surface area contributed by atoms with Gasteiger partial charge >= 0.3 is 5.97 Å². The molecular weight excluding hydrogens is 356 g/mol. The van der Waals surface area contributed by atoms with Crippen molar-refractivity contribution < 1.29 is 9.90 Å². The van der Waals surface area contributed by atoms with Crippen molar-refractivity contribution in [3.05, 3.63) is 89.0 Å². The van der Waals surface area contributed by atoms with Crippen LogP contribution in [-0.4, -0.2) is 16.2 Å². The molecule has 134 valence electrons. The second kappa shape index (κ2) is 6.85. The van der Waals surface area contributed by atoms with E-state index in [4.69, 9.17) is 23.1 Å². The van der Waals surface area contributed by atoms with E-state index >= 15 is 0 Å². The summed E-state index contributed by atoms with van der Waals surface area (Å²) >= 11 is 5.27. The highest BCUT2D eigenvalue weighted by Crippen LogP contribution is 2.38. The van der Waals surface area contributed by atoms with Crippen LogP contribution in [0.4, 0.5) is 5.69 Å². The number of nitrogens with two attached hydrogens (primary N) is 1. The molecule has 3 N–H and O–H groups in total. The van der Waals surface area contributed by atoms with Gasteiger partial charge in [0.15, 0.2) is 5.11 Å². The summed E-state index contributed by atoms with van der Waals surface area (Å²) < 4.78 is 0. The van der Waals surface area contributed by atoms with Gasteiger partial charge in [-0.05, 0) is 70.7 Å². The van der Waals surface area contributed by atoms with Crippen molar-refractivity contribution >= 4 is 29.0 Å². The Kier molecular flexibility index (Phi) is 4.38. The minimum Gasteiger partial charge on any atom is -0.478 e. The van der Waals surface area contributed by atoms with Gasteiger partial charge in [-0.25, -0.2) is 4.79 Å². The third kappa shape index (κ3) is 3.29. The standard InChI is InChI=1S/C22H18N2O2S/c23-22(27)24(13-14-5-7-15(8-6-14)21(25)26)18-9-10-20-17(12-18)11-16-3-1-2-4-19(16)20/h1-10,12H,11,13H2,(H2,23,27)(H,25,26). The molecule has 0 fully saturated rings. The molecule has 27 heavy (non-hydrogen) atoms. The molecule has 0 aromatic heterocycles. The fraction of sp³-hybridized carbons (Fsp3) is 0.0909. The maximum absolute atomic E-state index is 11.0. The van der Waals surface area contributed by atoms with Crippen LogP contribution in [0.1, 0.15) is 27.0 Å². The quantitative estimate of drug-likeness (QED) is 0.524. The van der Waals surface area contributed by atoms with E-state index in [-0.39, 0.29) is 10.7 Å². The highest BCUT2D eigenvalue weighted by Gasteiger charge is 2.20. The normalized spacial score (nSPS) is 11.6. The molecule has 0 heterocycles. The lowest BCUT2D eigenvalue weighted by Gasteiger charge is -2.24. The van der Waals surface area contributed by atoms with Crippen LogP contribution in [0.15, 0.2) is 66.7 Å². The smallest absolute Gasteiger partial charge is 0.335 e. The van der Waals surface area contributed by atoms with Crippen LogP contribution < -0.4 is 10.6 Å². The zero-order chi connectivity index (χ0) is 19.0. The Hall–Kier alpha value is -3.18. The number of rotatable bonds is 4. The fourth-order valence-electron chi connectivity index (χ4n) is 3.53. The SMILES string of the molecule is NC(=S)N(Cc1ccc(C(=O)O)cc1)c1ccc2c(c1)Cc1ccccc1-2. The van der Waals surface area contributed by atoms with E-state index in [2.05, 4.69) is 36.4 Å². The predicted octanol–water partition coefficient (Wildman–Crippen LogP) is 4.21. The van der Waals surface area contributed by atoms with Crippen molar-refractivity contribution in [3.8, 4) is 11.1 Å². The molecule has 5 heteroatoms. The summed E-state index contributed by atoms with van der Waals surface area (Å²) in [6.45, 7) is 0.487. The molecular formula is C22H18N2O2S. The molecule has 0 spiro atoms. The second-order valence-electron chi connectivity index (χ2n) is 6.60. The van der Waals surface area contributed by atoms with Gasteiger partial charge in [0.1, 0.15) is 0 Å². The summed E-state index contributed by atoms with van der Waals surface area (Å²) in [5.74, 6) is -0.939. The van der Waals surface area contributed by atoms with Crippen LogP contribution in [0.5, 0.6) is 0 Å². The fourth-order valence-corrected chi connectivity index (χ4v) is 3.70. The van der Waals surface area contributed by atoms with Gasteiger partial charge in [0.05, 0.1) is 12.1 Å². The number of carbonyl (C=O) groups is 1. The number of hydrogen-bond acceptors (Lipinski definition) is 2. The van der Waals surface area contributed by atoms with Crippen molar-refractivity contribution in [3.63, 3.8) is 0 Å². The van der Waals surface area contributed by atoms with Crippen LogP contribution in [-0.2, 0) is 13.0 Å². The molecule has 1 aliphatic rings. The molecule has 0 bridgehead atoms. The van der Waals surface area contributed by atoms with E-state index in [1.165, 1.54) is 22.3 Å². The van der Waals surface area contributed by atoms with Crippen LogP contribution in [0.25, 0.3) is 11.1 Å². The zero-order valence-electron chi connectivity index (χ0n) is 14.6. The number of anilines is 1. The van der Waals surface area contributed by atoms with E-state index in [0.29, 0.717) is 6.54 Å². The number of nitrogens with zero attached hydrogens (tertiary/aromatic N) is 1. The van der Waals surface area contributed by atoms with E-state index in [0.717, 1.165) is 17.7 Å². The maximum atomic E-state index is 11.0. The van der Waals surface area contributed by atoms with Crippen molar-refractivity contribution in [1.29, 1.82) is 0 Å². The Morgan fingerprint density at radius 3 is 2.41 bits per heavy atom. The molecule has 0 amide bonds. The molecule has 4 nitrogen and oxygen atoms in total. The number of aromatic carboxylic acids is 1. The number of benzene rings is 3. The summed E-state index contributed by atoms with van der Waals surface area (Å²) in [7, 11) is 0. The lowest BCUT2D eigenvalue weighted by molar-refractivity contribution is 0.0697. The molecule has 0 saturated heterocycles. The van der Waals surface area contributed by atoms with Gasteiger partial charge in [-0.15, -0.1) is 0 Å². The van der Waals surface area contributed by atoms with Crippen LogP contribution >= 0.6 is 12.2 Å². The third-order valence-electron chi connectivity index (χ3n) is 4.90. The van der Waals surface area contributed by atoms with Gasteiger partial charge in [-0.2, -0.15) is 0 Å². The number of thiocarbonyl (C=S) groups is 1. The molecule has 0 radical (unpaired) electrons. The van der Waals surface area contributed by atoms with E-state index in [1.807, 2.05) is 11.0 Å². The van der Waals surface area contributed by atoms with Gasteiger partial charge in [-0.1, -0.05) is 42.5 Å². The molecule has 0 aliphatic heterocycles. The predicted molar refractivity (Wildman–Crippen MR) is 111 cm³/mol. The van der Waals surface area contributed by atoms with Gasteiger partial charge in [-0.3, -0.25) is 0 Å². The van der Waals surface area contributed by atoms with Crippen molar-refractivity contribution in [1.82, 2.24) is 0 Å². The first-order valence-corrected chi connectivity index (χ1v) is 9.04. The Bertz CT molecular complexity index is 1040. The Morgan fingerprint density at radius 2 is 1.70 bits per heavy atom. The van der Waals surface area contributed by atoms with Gasteiger partial charge in [0.2, 0.25) is 0 Å². The third-order valence-corrected chi connectivity index (χ3v) is 5.12. The number of carboxylic acid groups (broad SMARTS) is 1. The van der Waals surface area contributed by atoms with E-state index in [9.17, 15) is 4.79 Å². The van der Waals surface area contributed by atoms with E-state index in [1.54, 1.807) is 24.3 Å². The summed E-state index contributed by atoms with van der Waals surface area (Å²) in [5.41, 5.74) is 13.3. The molecule has 0 atom stereocenters. The summed E-state index contributed by atoms with van der Waals surface area (Å²) in [6, 6.07) is 21.5. The number of carboxylic acids is 1. The van der Waals surface area contributed by atoms with Crippen LogP contribution in [0.3, 0.4) is 0 Å². The first-order valence-electron chi connectivity index (χ1n) is 8.63. The van der Waals surface area contributed by atoms with E-state index < -0.39 is 5.97 Å². The number of hydrogen-bond donors (Lipinski definition) is 2. The topological polar surface area (TPSA) is 66.6 Å². The largest absolute Gasteiger partial charge is 0.478 e. The Morgan fingerprint density at radius 1 is 1.00 bits per heavy atom. The molecule has 4 rings (SSSR count). The average Bonchev–Trinajstić information content (AvgIpc) is 3.04. The summed E-state index contributed by atoms with van der Waals surface area (Å²) in [4.78, 5) is 12.9. The highest BCUT2D eigenvalue weighted by atomic mass is 32.1. The van der Waals surface area contributed by atoms with Crippen molar-refractivity contribution in [2.24, 2.45) is 5.73 Å². The number of fused-ring (bicyclic) bond motifs is 3. The molecule has 0 unspecified atom stereocenters.